The van der Waals surface area contributed by atoms with Gasteiger partial charge in [0.15, 0.2) is 0 Å². The van der Waals surface area contributed by atoms with Crippen LogP contribution in [-0.4, -0.2) is 24.0 Å². The topological polar surface area (TPSA) is 27.0 Å². The molecule has 0 N–H and O–H groups in total. The van der Waals surface area contributed by atoms with Crippen molar-refractivity contribution in [3.8, 4) is 6.07 Å². The standard InChI is InChI=1S/C16H30N2/c1-6-18(7-2)15(12-17)13-8-10-14(11-9-13)16(3,4)5/h13-15H,6-11H2,1-5H3. The minimum atomic E-state index is 0.140. The molecular weight excluding hydrogens is 220 g/mol. The van der Waals surface area contributed by atoms with E-state index >= 15 is 0 Å². The predicted octanol–water partition coefficient (Wildman–Crippen LogP) is 4.07. The molecule has 1 unspecified atom stereocenters. The molecule has 0 aromatic heterocycles. The molecule has 0 amide bonds. The van der Waals surface area contributed by atoms with Crippen molar-refractivity contribution in [2.75, 3.05) is 13.1 Å². The lowest BCUT2D eigenvalue weighted by Gasteiger charge is -2.40. The summed E-state index contributed by atoms with van der Waals surface area (Å²) in [5, 5.41) is 9.45. The highest BCUT2D eigenvalue weighted by Gasteiger charge is 2.34. The van der Waals surface area contributed by atoms with Gasteiger partial charge in [-0.05, 0) is 56.0 Å². The number of nitrogens with zero attached hydrogens (tertiary/aromatic N) is 2. The molecule has 0 spiro atoms. The van der Waals surface area contributed by atoms with Crippen molar-refractivity contribution in [1.29, 1.82) is 5.26 Å². The van der Waals surface area contributed by atoms with Crippen molar-refractivity contribution < 1.29 is 0 Å². The summed E-state index contributed by atoms with van der Waals surface area (Å²) in [4.78, 5) is 2.32. The molecule has 0 aliphatic heterocycles. The number of rotatable bonds is 4. The first kappa shape index (κ1) is 15.5. The normalized spacial score (nSPS) is 26.9. The second-order valence-electron chi connectivity index (χ2n) is 6.77. The van der Waals surface area contributed by atoms with Crippen molar-refractivity contribution in [1.82, 2.24) is 4.90 Å². The van der Waals surface area contributed by atoms with Gasteiger partial charge < -0.3 is 0 Å². The van der Waals surface area contributed by atoms with Gasteiger partial charge in [0.1, 0.15) is 6.04 Å². The maximum absolute atomic E-state index is 9.45. The maximum Gasteiger partial charge on any atom is 0.101 e. The minimum absolute atomic E-state index is 0.140. The maximum atomic E-state index is 9.45. The van der Waals surface area contributed by atoms with Crippen molar-refractivity contribution in [3.05, 3.63) is 0 Å². The lowest BCUT2D eigenvalue weighted by Crippen LogP contribution is -2.41. The molecule has 1 aliphatic carbocycles. The first-order valence-electron chi connectivity index (χ1n) is 7.57. The van der Waals surface area contributed by atoms with Crippen LogP contribution in [0.1, 0.15) is 60.3 Å². The van der Waals surface area contributed by atoms with Crippen molar-refractivity contribution >= 4 is 0 Å². The average Bonchev–Trinajstić information content (AvgIpc) is 2.35. The quantitative estimate of drug-likeness (QED) is 0.752. The predicted molar refractivity (Wildman–Crippen MR) is 77.2 cm³/mol. The van der Waals surface area contributed by atoms with Crippen LogP contribution in [0.4, 0.5) is 0 Å². The monoisotopic (exact) mass is 250 g/mol. The van der Waals surface area contributed by atoms with Crippen LogP contribution in [0.15, 0.2) is 0 Å². The van der Waals surface area contributed by atoms with E-state index in [-0.39, 0.29) is 6.04 Å². The molecule has 18 heavy (non-hydrogen) atoms. The van der Waals surface area contributed by atoms with Crippen molar-refractivity contribution in [3.63, 3.8) is 0 Å². The Morgan fingerprint density at radius 1 is 1.11 bits per heavy atom. The molecule has 0 bridgehead atoms. The molecule has 1 atom stereocenters. The van der Waals surface area contributed by atoms with Crippen LogP contribution < -0.4 is 0 Å². The minimum Gasteiger partial charge on any atom is -0.288 e. The van der Waals surface area contributed by atoms with E-state index in [0.29, 0.717) is 11.3 Å². The van der Waals surface area contributed by atoms with Gasteiger partial charge in [0.25, 0.3) is 0 Å². The highest BCUT2D eigenvalue weighted by molar-refractivity contribution is 4.98. The second-order valence-corrected chi connectivity index (χ2v) is 6.77. The van der Waals surface area contributed by atoms with Crippen LogP contribution in [0.25, 0.3) is 0 Å². The molecule has 2 nitrogen and oxygen atoms in total. The van der Waals surface area contributed by atoms with Gasteiger partial charge in [0, 0.05) is 0 Å². The third-order valence-corrected chi connectivity index (χ3v) is 4.78. The van der Waals surface area contributed by atoms with Gasteiger partial charge in [-0.15, -0.1) is 0 Å². The van der Waals surface area contributed by atoms with E-state index in [4.69, 9.17) is 0 Å². The Labute approximate surface area is 113 Å². The molecular formula is C16H30N2. The van der Waals surface area contributed by atoms with E-state index in [1.807, 2.05) is 0 Å². The van der Waals surface area contributed by atoms with Crippen LogP contribution in [0.3, 0.4) is 0 Å². The Morgan fingerprint density at radius 2 is 1.61 bits per heavy atom. The zero-order chi connectivity index (χ0) is 13.8. The molecule has 0 aromatic carbocycles. The van der Waals surface area contributed by atoms with Crippen molar-refractivity contribution in [2.24, 2.45) is 17.3 Å². The average molecular weight is 250 g/mol. The van der Waals surface area contributed by atoms with E-state index in [2.05, 4.69) is 45.6 Å². The second kappa shape index (κ2) is 6.57. The first-order chi connectivity index (χ1) is 8.43. The van der Waals surface area contributed by atoms with Crippen LogP contribution in [0, 0.1) is 28.6 Å². The van der Waals surface area contributed by atoms with Gasteiger partial charge in [0.2, 0.25) is 0 Å². The van der Waals surface area contributed by atoms with Gasteiger partial charge in [-0.2, -0.15) is 5.26 Å². The number of hydrogen-bond acceptors (Lipinski definition) is 2. The fraction of sp³-hybridized carbons (Fsp3) is 0.938. The summed E-state index contributed by atoms with van der Waals surface area (Å²) >= 11 is 0. The van der Waals surface area contributed by atoms with Gasteiger partial charge >= 0.3 is 0 Å². The number of nitriles is 1. The Hall–Kier alpha value is -0.550. The highest BCUT2D eigenvalue weighted by Crippen LogP contribution is 2.41. The van der Waals surface area contributed by atoms with E-state index < -0.39 is 0 Å². The zero-order valence-electron chi connectivity index (χ0n) is 12.9. The molecule has 1 aliphatic rings. The molecule has 0 heterocycles. The summed E-state index contributed by atoms with van der Waals surface area (Å²) < 4.78 is 0. The summed E-state index contributed by atoms with van der Waals surface area (Å²) in [7, 11) is 0. The Kier molecular flexibility index (Phi) is 5.66. The van der Waals surface area contributed by atoms with Gasteiger partial charge in [-0.25, -0.2) is 0 Å². The van der Waals surface area contributed by atoms with E-state index in [1.165, 1.54) is 25.7 Å². The van der Waals surface area contributed by atoms with Crippen LogP contribution in [0.5, 0.6) is 0 Å². The highest BCUT2D eigenvalue weighted by atomic mass is 15.1. The summed E-state index contributed by atoms with van der Waals surface area (Å²) in [5.41, 5.74) is 0.433. The van der Waals surface area contributed by atoms with Gasteiger partial charge in [0.05, 0.1) is 6.07 Å². The molecule has 104 valence electrons. The molecule has 1 fully saturated rings. The Balaban J connectivity index is 2.58. The summed E-state index contributed by atoms with van der Waals surface area (Å²) in [6.45, 7) is 13.4. The SMILES string of the molecule is CCN(CC)C(C#N)C1CCC(C(C)(C)C)CC1. The van der Waals surface area contributed by atoms with Crippen LogP contribution >= 0.6 is 0 Å². The van der Waals surface area contributed by atoms with Crippen LogP contribution in [-0.2, 0) is 0 Å². The lowest BCUT2D eigenvalue weighted by atomic mass is 9.68. The third-order valence-electron chi connectivity index (χ3n) is 4.78. The number of hydrogen-bond donors (Lipinski definition) is 0. The van der Waals surface area contributed by atoms with Gasteiger partial charge in [-0.1, -0.05) is 34.6 Å². The fourth-order valence-electron chi connectivity index (χ4n) is 3.40. The first-order valence-corrected chi connectivity index (χ1v) is 7.57. The smallest absolute Gasteiger partial charge is 0.101 e. The third kappa shape index (κ3) is 3.72. The zero-order valence-corrected chi connectivity index (χ0v) is 12.9. The molecule has 0 radical (unpaired) electrons. The molecule has 0 aromatic rings. The summed E-state index contributed by atoms with van der Waals surface area (Å²) in [5.74, 6) is 1.43. The lowest BCUT2D eigenvalue weighted by molar-refractivity contribution is 0.106. The molecule has 0 saturated heterocycles. The van der Waals surface area contributed by atoms with Gasteiger partial charge in [-0.3, -0.25) is 4.90 Å². The van der Waals surface area contributed by atoms with E-state index in [9.17, 15) is 5.26 Å². The Bertz CT molecular complexity index is 272. The summed E-state index contributed by atoms with van der Waals surface area (Å²) in [6.07, 6.45) is 5.06. The Morgan fingerprint density at radius 3 is 1.94 bits per heavy atom. The largest absolute Gasteiger partial charge is 0.288 e. The van der Waals surface area contributed by atoms with E-state index in [1.54, 1.807) is 0 Å². The fourth-order valence-corrected chi connectivity index (χ4v) is 3.40. The molecule has 1 rings (SSSR count). The van der Waals surface area contributed by atoms with Crippen molar-refractivity contribution in [2.45, 2.75) is 66.3 Å². The summed E-state index contributed by atoms with van der Waals surface area (Å²) in [6, 6.07) is 2.69. The van der Waals surface area contributed by atoms with E-state index in [0.717, 1.165) is 19.0 Å². The molecule has 2 heteroatoms. The molecule has 1 saturated carbocycles. The van der Waals surface area contributed by atoms with Crippen LogP contribution in [0.2, 0.25) is 0 Å².